The molecule has 2 aromatic rings. The zero-order valence-corrected chi connectivity index (χ0v) is 15.8. The molecule has 1 aliphatic heterocycles. The third kappa shape index (κ3) is 3.13. The molecular formula is C19H26N6O2. The second kappa shape index (κ2) is 7.17. The molecule has 2 aliphatic rings. The summed E-state index contributed by atoms with van der Waals surface area (Å²) in [5.41, 5.74) is 0.687. The maximum absolute atomic E-state index is 13.0. The summed E-state index contributed by atoms with van der Waals surface area (Å²) in [7, 11) is 0. The average Bonchev–Trinajstić information content (AvgIpc) is 3.31. The summed E-state index contributed by atoms with van der Waals surface area (Å²) in [6.45, 7) is 5.28. The fourth-order valence-corrected chi connectivity index (χ4v) is 4.06. The Morgan fingerprint density at radius 1 is 1.30 bits per heavy atom. The van der Waals surface area contributed by atoms with E-state index >= 15 is 0 Å². The van der Waals surface area contributed by atoms with Gasteiger partial charge in [0.25, 0.3) is 0 Å². The lowest BCUT2D eigenvalue weighted by Gasteiger charge is -2.26. The highest BCUT2D eigenvalue weighted by atomic mass is 16.2. The van der Waals surface area contributed by atoms with Crippen molar-refractivity contribution in [2.45, 2.75) is 58.2 Å². The number of rotatable bonds is 6. The van der Waals surface area contributed by atoms with E-state index in [0.717, 1.165) is 25.2 Å². The molecule has 2 atom stereocenters. The molecule has 4 rings (SSSR count). The normalized spacial score (nSPS) is 22.9. The van der Waals surface area contributed by atoms with Crippen LogP contribution in [0.25, 0.3) is 0 Å². The second-order valence-electron chi connectivity index (χ2n) is 7.29. The van der Waals surface area contributed by atoms with Gasteiger partial charge in [-0.1, -0.05) is 0 Å². The maximum Gasteiger partial charge on any atom is 0.230 e. The number of nitrogens with one attached hydrogen (secondary N) is 1. The molecule has 1 aliphatic carbocycles. The molecule has 3 heterocycles. The number of aryl methyl sites for hydroxylation is 1. The molecule has 0 spiro atoms. The first-order valence-electron chi connectivity index (χ1n) is 9.77. The monoisotopic (exact) mass is 370 g/mol. The van der Waals surface area contributed by atoms with Crippen LogP contribution in [0, 0.1) is 5.92 Å². The van der Waals surface area contributed by atoms with Gasteiger partial charge in [0.2, 0.25) is 11.8 Å². The van der Waals surface area contributed by atoms with Gasteiger partial charge in [-0.3, -0.25) is 14.3 Å². The highest BCUT2D eigenvalue weighted by molar-refractivity contribution is 5.97. The van der Waals surface area contributed by atoms with Crippen molar-refractivity contribution < 1.29 is 9.59 Å². The van der Waals surface area contributed by atoms with E-state index < -0.39 is 5.92 Å². The average molecular weight is 370 g/mol. The van der Waals surface area contributed by atoms with Crippen LogP contribution in [0.2, 0.25) is 0 Å². The Bertz CT molecular complexity index is 837. The number of hydrogen-bond donors (Lipinski definition) is 1. The third-order valence-corrected chi connectivity index (χ3v) is 5.78. The molecule has 27 heavy (non-hydrogen) atoms. The van der Waals surface area contributed by atoms with E-state index in [1.54, 1.807) is 17.3 Å². The van der Waals surface area contributed by atoms with Gasteiger partial charge in [-0.05, 0) is 33.1 Å². The first-order chi connectivity index (χ1) is 13.1. The minimum absolute atomic E-state index is 0.00142. The van der Waals surface area contributed by atoms with Crippen LogP contribution in [-0.4, -0.2) is 42.6 Å². The van der Waals surface area contributed by atoms with Crippen LogP contribution in [0.15, 0.2) is 24.8 Å². The molecule has 2 aromatic heterocycles. The summed E-state index contributed by atoms with van der Waals surface area (Å²) < 4.78 is 3.93. The number of carbonyl (C=O) groups is 2. The lowest BCUT2D eigenvalue weighted by Crippen LogP contribution is -2.34. The van der Waals surface area contributed by atoms with Crippen LogP contribution in [-0.2, 0) is 16.1 Å². The Balaban J connectivity index is 1.55. The Morgan fingerprint density at radius 3 is 2.78 bits per heavy atom. The van der Waals surface area contributed by atoms with E-state index in [2.05, 4.69) is 15.4 Å². The first kappa shape index (κ1) is 17.8. The fraction of sp³-hybridized carbons (Fsp3) is 0.579. The van der Waals surface area contributed by atoms with Crippen molar-refractivity contribution in [3.05, 3.63) is 30.6 Å². The summed E-state index contributed by atoms with van der Waals surface area (Å²) in [5.74, 6) is 0.161. The van der Waals surface area contributed by atoms with Gasteiger partial charge in [0.05, 0.1) is 23.8 Å². The van der Waals surface area contributed by atoms with Crippen LogP contribution in [0.3, 0.4) is 0 Å². The maximum atomic E-state index is 13.0. The molecule has 1 saturated heterocycles. The van der Waals surface area contributed by atoms with Crippen LogP contribution in [0.1, 0.15) is 57.4 Å². The van der Waals surface area contributed by atoms with Crippen molar-refractivity contribution in [2.75, 3.05) is 11.9 Å². The highest BCUT2D eigenvalue weighted by Gasteiger charge is 2.45. The lowest BCUT2D eigenvalue weighted by atomic mass is 9.93. The summed E-state index contributed by atoms with van der Waals surface area (Å²) >= 11 is 0. The minimum atomic E-state index is -0.461. The van der Waals surface area contributed by atoms with Crippen LogP contribution < -0.4 is 5.32 Å². The summed E-state index contributed by atoms with van der Waals surface area (Å²) in [4.78, 5) is 31.8. The predicted molar refractivity (Wildman–Crippen MR) is 99.9 cm³/mol. The van der Waals surface area contributed by atoms with E-state index in [0.29, 0.717) is 18.3 Å². The number of likely N-dealkylation sites (tertiary alicyclic amines) is 1. The number of hydrogen-bond acceptors (Lipinski definition) is 4. The summed E-state index contributed by atoms with van der Waals surface area (Å²) in [5, 5.41) is 7.33. The highest BCUT2D eigenvalue weighted by Crippen LogP contribution is 2.38. The SMILES string of the molecule is CCN1C(=O)C[C@H](C(=O)Nc2cnn(C3CCC3)c2)[C@H]1c1nccn1CC. The molecular weight excluding hydrogens is 344 g/mol. The quantitative estimate of drug-likeness (QED) is 0.846. The molecule has 2 amide bonds. The second-order valence-corrected chi connectivity index (χ2v) is 7.29. The Hall–Kier alpha value is -2.64. The summed E-state index contributed by atoms with van der Waals surface area (Å²) in [6, 6.07) is 0.114. The van der Waals surface area contributed by atoms with Gasteiger partial charge in [-0.25, -0.2) is 4.98 Å². The molecule has 144 valence electrons. The lowest BCUT2D eigenvalue weighted by molar-refractivity contribution is -0.129. The van der Waals surface area contributed by atoms with Crippen molar-refractivity contribution >= 4 is 17.5 Å². The molecule has 0 aromatic carbocycles. The number of aromatic nitrogens is 4. The van der Waals surface area contributed by atoms with Crippen molar-refractivity contribution in [1.82, 2.24) is 24.2 Å². The van der Waals surface area contributed by atoms with E-state index in [9.17, 15) is 9.59 Å². The molecule has 1 N–H and O–H groups in total. The zero-order valence-electron chi connectivity index (χ0n) is 15.8. The molecule has 0 radical (unpaired) electrons. The minimum Gasteiger partial charge on any atom is -0.333 e. The Labute approximate surface area is 158 Å². The van der Waals surface area contributed by atoms with E-state index in [1.165, 1.54) is 6.42 Å². The van der Waals surface area contributed by atoms with Crippen molar-refractivity contribution in [1.29, 1.82) is 0 Å². The van der Waals surface area contributed by atoms with Crippen LogP contribution in [0.5, 0.6) is 0 Å². The molecule has 2 fully saturated rings. The largest absolute Gasteiger partial charge is 0.333 e. The molecule has 8 heteroatoms. The Morgan fingerprint density at radius 2 is 2.11 bits per heavy atom. The third-order valence-electron chi connectivity index (χ3n) is 5.78. The zero-order chi connectivity index (χ0) is 19.0. The number of imidazole rings is 1. The van der Waals surface area contributed by atoms with Gasteiger partial charge in [0.1, 0.15) is 11.9 Å². The van der Waals surface area contributed by atoms with Crippen LogP contribution in [0.4, 0.5) is 5.69 Å². The molecule has 0 unspecified atom stereocenters. The number of carbonyl (C=O) groups excluding carboxylic acids is 2. The van der Waals surface area contributed by atoms with Gasteiger partial charge < -0.3 is 14.8 Å². The topological polar surface area (TPSA) is 85.1 Å². The van der Waals surface area contributed by atoms with Gasteiger partial charge in [0, 0.05) is 38.1 Å². The van der Waals surface area contributed by atoms with Crippen LogP contribution >= 0.6 is 0 Å². The predicted octanol–water partition coefficient (Wildman–Crippen LogP) is 2.37. The smallest absolute Gasteiger partial charge is 0.230 e. The van der Waals surface area contributed by atoms with Gasteiger partial charge >= 0.3 is 0 Å². The molecule has 0 bridgehead atoms. The standard InChI is InChI=1S/C19H26N6O2/c1-3-23-9-8-20-18(23)17-15(10-16(26)24(17)4-2)19(27)22-13-11-21-25(12-13)14-6-5-7-14/h8-9,11-12,14-15,17H,3-7,10H2,1-2H3,(H,22,27)/t15-,17-/m0/s1. The van der Waals surface area contributed by atoms with Crippen molar-refractivity contribution in [2.24, 2.45) is 5.92 Å². The van der Waals surface area contributed by atoms with Crippen molar-refractivity contribution in [3.8, 4) is 0 Å². The fourth-order valence-electron chi connectivity index (χ4n) is 4.06. The number of nitrogens with zero attached hydrogens (tertiary/aromatic N) is 5. The molecule has 8 nitrogen and oxygen atoms in total. The van der Waals surface area contributed by atoms with Crippen molar-refractivity contribution in [3.63, 3.8) is 0 Å². The number of amides is 2. The van der Waals surface area contributed by atoms with E-state index in [4.69, 9.17) is 0 Å². The summed E-state index contributed by atoms with van der Waals surface area (Å²) in [6.07, 6.45) is 10.9. The van der Waals surface area contributed by atoms with Gasteiger partial charge in [0.15, 0.2) is 0 Å². The van der Waals surface area contributed by atoms with Gasteiger partial charge in [-0.2, -0.15) is 5.10 Å². The van der Waals surface area contributed by atoms with E-state index in [-0.39, 0.29) is 24.3 Å². The first-order valence-corrected chi connectivity index (χ1v) is 9.77. The number of anilines is 1. The molecule has 1 saturated carbocycles. The Kier molecular flexibility index (Phi) is 4.72. The van der Waals surface area contributed by atoms with Gasteiger partial charge in [-0.15, -0.1) is 0 Å². The van der Waals surface area contributed by atoms with E-state index in [1.807, 2.05) is 35.5 Å².